The molecule has 7 aromatic rings. The summed E-state index contributed by atoms with van der Waals surface area (Å²) in [5.41, 5.74) is 7.02. The zero-order valence-electron chi connectivity index (χ0n) is 40.9. The van der Waals surface area contributed by atoms with Crippen molar-refractivity contribution < 1.29 is 38.1 Å². The lowest BCUT2D eigenvalue weighted by molar-refractivity contribution is -0.121. The summed E-state index contributed by atoms with van der Waals surface area (Å²) < 4.78 is 30.5. The molecule has 0 bridgehead atoms. The number of aryl methyl sites for hydroxylation is 2. The Hall–Kier alpha value is -8.05. The van der Waals surface area contributed by atoms with Gasteiger partial charge < -0.3 is 39.2 Å². The van der Waals surface area contributed by atoms with E-state index in [2.05, 4.69) is 10.6 Å². The van der Waals surface area contributed by atoms with E-state index in [1.807, 2.05) is 188 Å². The first-order valence-electron chi connectivity index (χ1n) is 24.9. The number of hydrogen-bond donors (Lipinski definition) is 2. The molecule has 0 aliphatic rings. The molecule has 0 heterocycles. The Morgan fingerprint density at radius 2 is 0.708 bits per heavy atom. The van der Waals surface area contributed by atoms with E-state index in [-0.39, 0.29) is 24.8 Å². The van der Waals surface area contributed by atoms with Crippen molar-refractivity contribution in [1.29, 1.82) is 0 Å². The summed E-state index contributed by atoms with van der Waals surface area (Å²) in [7, 11) is 0. The van der Waals surface area contributed by atoms with Crippen LogP contribution in [0, 0.1) is 0 Å². The van der Waals surface area contributed by atoms with Crippen LogP contribution in [0.15, 0.2) is 188 Å². The molecule has 11 nitrogen and oxygen atoms in total. The monoisotopic (exact) mass is 967 g/mol. The van der Waals surface area contributed by atoms with Crippen molar-refractivity contribution in [2.75, 3.05) is 26.2 Å². The second-order valence-corrected chi connectivity index (χ2v) is 17.4. The number of nitrogens with one attached hydrogen (secondary N) is 2. The maximum absolute atomic E-state index is 13.4. The minimum atomic E-state index is -0.417. The van der Waals surface area contributed by atoms with Crippen molar-refractivity contribution in [2.45, 2.75) is 78.0 Å². The summed E-state index contributed by atoms with van der Waals surface area (Å²) >= 11 is 0. The van der Waals surface area contributed by atoms with Crippen molar-refractivity contribution in [1.82, 2.24) is 15.5 Å². The average molecular weight is 968 g/mol. The van der Waals surface area contributed by atoms with E-state index in [0.29, 0.717) is 114 Å². The summed E-state index contributed by atoms with van der Waals surface area (Å²) in [6, 6.07) is 61.1. The molecule has 0 atom stereocenters. The third-order valence-corrected chi connectivity index (χ3v) is 11.8. The van der Waals surface area contributed by atoms with Gasteiger partial charge in [-0.25, -0.2) is 4.79 Å². The molecule has 2 N–H and O–H groups in total. The fraction of sp³-hybridized carbons (Fsp3) is 0.262. The van der Waals surface area contributed by atoms with Gasteiger partial charge in [-0.3, -0.25) is 9.59 Å². The number of carbonyl (C=O) groups is 3. The van der Waals surface area contributed by atoms with Gasteiger partial charge in [0.1, 0.15) is 33.0 Å². The molecule has 72 heavy (non-hydrogen) atoms. The van der Waals surface area contributed by atoms with E-state index >= 15 is 0 Å². The SMILES string of the molecule is O=C(CCc1ccc(OCc2ccccc2)c(OCc2ccccc2)c1)NCCCCN(CCCNC(=O)CCc1ccc(OCc2ccccc2)c(OCc2ccccc2)c1)C(=O)OCc1ccccc1. The van der Waals surface area contributed by atoms with Gasteiger partial charge in [0, 0.05) is 39.0 Å². The van der Waals surface area contributed by atoms with Crippen molar-refractivity contribution in [3.8, 4) is 23.0 Å². The maximum atomic E-state index is 13.4. The Labute approximate surface area is 424 Å². The molecule has 0 radical (unpaired) electrons. The number of ether oxygens (including phenoxy) is 5. The number of carbonyl (C=O) groups excluding carboxylic acids is 3. The molecule has 0 saturated heterocycles. The highest BCUT2D eigenvalue weighted by Crippen LogP contribution is 2.32. The highest BCUT2D eigenvalue weighted by Gasteiger charge is 2.16. The van der Waals surface area contributed by atoms with Gasteiger partial charge in [-0.2, -0.15) is 0 Å². The summed E-state index contributed by atoms with van der Waals surface area (Å²) in [4.78, 5) is 41.1. The molecular weight excluding hydrogens is 903 g/mol. The molecule has 0 saturated carbocycles. The number of nitrogens with zero attached hydrogens (tertiary/aromatic N) is 1. The van der Waals surface area contributed by atoms with Crippen molar-refractivity contribution in [3.05, 3.63) is 227 Å². The first-order chi connectivity index (χ1) is 35.4. The molecule has 372 valence electrons. The van der Waals surface area contributed by atoms with E-state index < -0.39 is 6.09 Å². The minimum Gasteiger partial charge on any atom is -0.485 e. The molecule has 0 aliphatic heterocycles. The van der Waals surface area contributed by atoms with Gasteiger partial charge >= 0.3 is 6.09 Å². The van der Waals surface area contributed by atoms with Gasteiger partial charge in [0.2, 0.25) is 11.8 Å². The third-order valence-electron chi connectivity index (χ3n) is 11.8. The standard InChI is InChI=1S/C61H65N3O8/c65-59(35-31-48-29-33-55(68-43-50-19-6-1-7-20-50)57(41-48)70-45-52-23-10-3-11-24-52)62-37-16-17-39-64(61(67)72-47-54-27-14-5-15-28-54)40-18-38-63-60(66)36-32-49-30-34-56(69-44-51-21-8-2-9-22-51)58(42-49)71-46-53-25-12-4-13-26-53/h1-15,19-30,33-34,41-42H,16-18,31-32,35-40,43-47H2,(H,62,65)(H,63,66). The lowest BCUT2D eigenvalue weighted by atomic mass is 10.1. The van der Waals surface area contributed by atoms with Gasteiger partial charge in [-0.05, 0) is 95.3 Å². The molecule has 7 aromatic carbocycles. The minimum absolute atomic E-state index is 0.0530. The summed E-state index contributed by atoms with van der Waals surface area (Å²) in [5, 5.41) is 6.07. The van der Waals surface area contributed by atoms with Crippen LogP contribution in [0.1, 0.15) is 71.0 Å². The number of rotatable bonds is 29. The van der Waals surface area contributed by atoms with Crippen LogP contribution in [0.5, 0.6) is 23.0 Å². The Bertz CT molecular complexity index is 2690. The van der Waals surface area contributed by atoms with Crippen LogP contribution in [-0.4, -0.2) is 49.0 Å². The van der Waals surface area contributed by atoms with E-state index in [9.17, 15) is 14.4 Å². The van der Waals surface area contributed by atoms with E-state index in [1.165, 1.54) is 0 Å². The van der Waals surface area contributed by atoms with Crippen molar-refractivity contribution in [3.63, 3.8) is 0 Å². The highest BCUT2D eigenvalue weighted by atomic mass is 16.6. The van der Waals surface area contributed by atoms with Gasteiger partial charge in [0.15, 0.2) is 23.0 Å². The number of unbranched alkanes of at least 4 members (excludes halogenated alkanes) is 1. The smallest absolute Gasteiger partial charge is 0.410 e. The number of benzene rings is 7. The summed E-state index contributed by atoms with van der Waals surface area (Å²) in [6.45, 7) is 3.48. The van der Waals surface area contributed by atoms with E-state index in [4.69, 9.17) is 23.7 Å². The second-order valence-electron chi connectivity index (χ2n) is 17.4. The maximum Gasteiger partial charge on any atom is 0.410 e. The quantitative estimate of drug-likeness (QED) is 0.0445. The van der Waals surface area contributed by atoms with Gasteiger partial charge in [0.05, 0.1) is 0 Å². The largest absolute Gasteiger partial charge is 0.485 e. The highest BCUT2D eigenvalue weighted by molar-refractivity contribution is 5.76. The molecule has 0 aliphatic carbocycles. The fourth-order valence-corrected chi connectivity index (χ4v) is 7.77. The summed E-state index contributed by atoms with van der Waals surface area (Å²) in [6.07, 6.45) is 3.12. The lowest BCUT2D eigenvalue weighted by Gasteiger charge is -2.22. The Balaban J connectivity index is 0.844. The van der Waals surface area contributed by atoms with Crippen LogP contribution in [0.25, 0.3) is 0 Å². The van der Waals surface area contributed by atoms with E-state index in [1.54, 1.807) is 4.90 Å². The number of hydrogen-bond acceptors (Lipinski definition) is 8. The molecule has 3 amide bonds. The second kappa shape index (κ2) is 29.2. The zero-order valence-corrected chi connectivity index (χ0v) is 40.9. The normalized spacial score (nSPS) is 10.7. The van der Waals surface area contributed by atoms with Crippen molar-refractivity contribution in [2.24, 2.45) is 0 Å². The molecule has 0 fully saturated rings. The van der Waals surface area contributed by atoms with Gasteiger partial charge in [-0.15, -0.1) is 0 Å². The van der Waals surface area contributed by atoms with E-state index in [0.717, 1.165) is 38.9 Å². The predicted molar refractivity (Wildman–Crippen MR) is 281 cm³/mol. The molecule has 0 aromatic heterocycles. The third kappa shape index (κ3) is 18.4. The van der Waals surface area contributed by atoms with Crippen LogP contribution < -0.4 is 29.6 Å². The van der Waals surface area contributed by atoms with Crippen LogP contribution >= 0.6 is 0 Å². The zero-order chi connectivity index (χ0) is 49.8. The Morgan fingerprint density at radius 1 is 0.361 bits per heavy atom. The molecule has 0 unspecified atom stereocenters. The average Bonchev–Trinajstić information content (AvgIpc) is 3.43. The first-order valence-corrected chi connectivity index (χ1v) is 24.9. The molecular formula is C61H65N3O8. The fourth-order valence-electron chi connectivity index (χ4n) is 7.77. The number of amides is 3. The Kier molecular flexibility index (Phi) is 21.0. The van der Waals surface area contributed by atoms with Crippen LogP contribution in [-0.2, 0) is 60.2 Å². The predicted octanol–water partition coefficient (Wildman–Crippen LogP) is 11.6. The van der Waals surface area contributed by atoms with Gasteiger partial charge in [-0.1, -0.05) is 164 Å². The lowest BCUT2D eigenvalue weighted by Crippen LogP contribution is -2.36. The van der Waals surface area contributed by atoms with Gasteiger partial charge in [0.25, 0.3) is 0 Å². The molecule has 7 rings (SSSR count). The topological polar surface area (TPSA) is 125 Å². The van der Waals surface area contributed by atoms with Crippen LogP contribution in [0.2, 0.25) is 0 Å². The Morgan fingerprint density at radius 3 is 1.11 bits per heavy atom. The molecule has 11 heteroatoms. The first kappa shape index (κ1) is 51.8. The summed E-state index contributed by atoms with van der Waals surface area (Å²) in [5.74, 6) is 2.40. The van der Waals surface area contributed by atoms with Crippen molar-refractivity contribution >= 4 is 17.9 Å². The molecule has 0 spiro atoms. The van der Waals surface area contributed by atoms with Crippen LogP contribution in [0.4, 0.5) is 4.79 Å². The van der Waals surface area contributed by atoms with Crippen LogP contribution in [0.3, 0.4) is 0 Å².